The van der Waals surface area contributed by atoms with Crippen LogP contribution in [0.25, 0.3) is 0 Å². The number of nitrogens with zero attached hydrogens (tertiary/aromatic N) is 1. The van der Waals surface area contributed by atoms with Gasteiger partial charge in [0.1, 0.15) is 0 Å². The molecule has 0 spiro atoms. The number of benzene rings is 2. The lowest BCUT2D eigenvalue weighted by Crippen LogP contribution is -2.30. The van der Waals surface area contributed by atoms with E-state index >= 15 is 0 Å². The van der Waals surface area contributed by atoms with E-state index in [1.165, 1.54) is 5.56 Å². The maximum Gasteiger partial charge on any atom is 0.169 e. The third-order valence-electron chi connectivity index (χ3n) is 4.48. The fourth-order valence-corrected chi connectivity index (χ4v) is 3.52. The van der Waals surface area contributed by atoms with Gasteiger partial charge >= 0.3 is 0 Å². The van der Waals surface area contributed by atoms with Crippen molar-refractivity contribution < 1.29 is 4.79 Å². The molecule has 0 aliphatic carbocycles. The Hall–Kier alpha value is -2.22. The first-order valence-corrected chi connectivity index (χ1v) is 8.14. The van der Waals surface area contributed by atoms with E-state index in [1.54, 1.807) is 0 Å². The van der Waals surface area contributed by atoms with Gasteiger partial charge in [0.25, 0.3) is 0 Å². The Bertz CT molecular complexity index is 779. The Morgan fingerprint density at radius 1 is 1.04 bits per heavy atom. The minimum Gasteiger partial charge on any atom is -0.294 e. The molecule has 0 saturated heterocycles. The van der Waals surface area contributed by atoms with E-state index in [-0.39, 0.29) is 11.3 Å². The standard InChI is InChI=1S/C21H23NO/c1-14-8-7-9-15(2)20(14)19(23)12-18-17-11-6-5-10-16(17)13-21(3,4)22-18/h5-11H,12-13H2,1-4H3. The Kier molecular flexibility index (Phi) is 3.93. The van der Waals surface area contributed by atoms with Crippen LogP contribution in [0.5, 0.6) is 0 Å². The van der Waals surface area contributed by atoms with Crippen LogP contribution in [-0.2, 0) is 6.42 Å². The normalized spacial score (nSPS) is 15.7. The van der Waals surface area contributed by atoms with Gasteiger partial charge in [-0.1, -0.05) is 42.5 Å². The number of hydrogen-bond acceptors (Lipinski definition) is 2. The number of carbonyl (C=O) groups excluding carboxylic acids is 1. The number of ketones is 1. The molecule has 23 heavy (non-hydrogen) atoms. The van der Waals surface area contributed by atoms with Crippen molar-refractivity contribution in [3.05, 3.63) is 70.3 Å². The first kappa shape index (κ1) is 15.7. The summed E-state index contributed by atoms with van der Waals surface area (Å²) in [5, 5.41) is 0. The van der Waals surface area contributed by atoms with Gasteiger partial charge in [-0.3, -0.25) is 9.79 Å². The summed E-state index contributed by atoms with van der Waals surface area (Å²) in [5.41, 5.74) is 6.12. The van der Waals surface area contributed by atoms with Gasteiger partial charge in [-0.05, 0) is 56.4 Å². The summed E-state index contributed by atoms with van der Waals surface area (Å²) in [5.74, 6) is 0.159. The fourth-order valence-electron chi connectivity index (χ4n) is 3.52. The lowest BCUT2D eigenvalue weighted by atomic mass is 9.84. The minimum atomic E-state index is -0.148. The lowest BCUT2D eigenvalue weighted by molar-refractivity contribution is 0.0999. The largest absolute Gasteiger partial charge is 0.294 e. The molecular formula is C21H23NO. The van der Waals surface area contributed by atoms with E-state index < -0.39 is 0 Å². The molecule has 3 rings (SSSR count). The van der Waals surface area contributed by atoms with Gasteiger partial charge in [0.05, 0.1) is 17.7 Å². The van der Waals surface area contributed by atoms with E-state index in [0.717, 1.165) is 34.4 Å². The number of fused-ring (bicyclic) bond motifs is 1. The second-order valence-corrected chi connectivity index (χ2v) is 7.07. The first-order valence-electron chi connectivity index (χ1n) is 8.14. The van der Waals surface area contributed by atoms with Crippen molar-refractivity contribution in [2.24, 2.45) is 4.99 Å². The van der Waals surface area contributed by atoms with E-state index in [9.17, 15) is 4.79 Å². The molecule has 2 nitrogen and oxygen atoms in total. The Morgan fingerprint density at radius 2 is 1.70 bits per heavy atom. The molecule has 1 aliphatic rings. The molecule has 0 saturated carbocycles. The maximum absolute atomic E-state index is 12.9. The molecule has 2 aromatic rings. The SMILES string of the molecule is Cc1cccc(C)c1C(=O)CC1=NC(C)(C)Cc2ccccc21. The van der Waals surface area contributed by atoms with Crippen LogP contribution in [0.2, 0.25) is 0 Å². The molecule has 1 aliphatic heterocycles. The number of aliphatic imine (C=N–C) groups is 1. The number of aryl methyl sites for hydroxylation is 2. The van der Waals surface area contributed by atoms with E-state index in [2.05, 4.69) is 32.0 Å². The van der Waals surface area contributed by atoms with Crippen molar-refractivity contribution >= 4 is 11.5 Å². The summed E-state index contributed by atoms with van der Waals surface area (Å²) in [7, 11) is 0. The second kappa shape index (κ2) is 5.77. The molecule has 0 atom stereocenters. The molecule has 0 amide bonds. The minimum absolute atomic E-state index is 0.148. The van der Waals surface area contributed by atoms with Crippen molar-refractivity contribution in [2.45, 2.75) is 46.1 Å². The topological polar surface area (TPSA) is 29.4 Å². The molecule has 0 radical (unpaired) electrons. The number of carbonyl (C=O) groups is 1. The third kappa shape index (κ3) is 3.12. The monoisotopic (exact) mass is 305 g/mol. The average molecular weight is 305 g/mol. The zero-order valence-electron chi connectivity index (χ0n) is 14.3. The zero-order valence-corrected chi connectivity index (χ0v) is 14.3. The highest BCUT2D eigenvalue weighted by atomic mass is 16.1. The van der Waals surface area contributed by atoms with Crippen LogP contribution in [0, 0.1) is 13.8 Å². The van der Waals surface area contributed by atoms with Gasteiger partial charge in [0.15, 0.2) is 5.78 Å². The van der Waals surface area contributed by atoms with Gasteiger partial charge in [0, 0.05) is 5.56 Å². The molecule has 2 aromatic carbocycles. The van der Waals surface area contributed by atoms with Crippen LogP contribution in [-0.4, -0.2) is 17.0 Å². The van der Waals surface area contributed by atoms with Crippen molar-refractivity contribution in [3.63, 3.8) is 0 Å². The number of Topliss-reactive ketones (excluding diaryl/α,β-unsaturated/α-hetero) is 1. The van der Waals surface area contributed by atoms with E-state index in [0.29, 0.717) is 6.42 Å². The zero-order chi connectivity index (χ0) is 16.6. The van der Waals surface area contributed by atoms with Crippen LogP contribution < -0.4 is 0 Å². The van der Waals surface area contributed by atoms with Gasteiger partial charge in [-0.15, -0.1) is 0 Å². The molecule has 0 unspecified atom stereocenters. The van der Waals surface area contributed by atoms with Crippen molar-refractivity contribution in [1.29, 1.82) is 0 Å². The highest BCUT2D eigenvalue weighted by molar-refractivity contribution is 6.17. The lowest BCUT2D eigenvalue weighted by Gasteiger charge is -2.29. The van der Waals surface area contributed by atoms with Crippen molar-refractivity contribution in [3.8, 4) is 0 Å². The summed E-state index contributed by atoms with van der Waals surface area (Å²) in [6.45, 7) is 8.26. The average Bonchev–Trinajstić information content (AvgIpc) is 2.45. The quantitative estimate of drug-likeness (QED) is 0.756. The maximum atomic E-state index is 12.9. The second-order valence-electron chi connectivity index (χ2n) is 7.07. The number of rotatable bonds is 3. The third-order valence-corrected chi connectivity index (χ3v) is 4.48. The summed E-state index contributed by atoms with van der Waals surface area (Å²) in [6.07, 6.45) is 1.29. The highest BCUT2D eigenvalue weighted by Crippen LogP contribution is 2.28. The molecule has 1 heterocycles. The number of hydrogen-bond donors (Lipinski definition) is 0. The van der Waals surface area contributed by atoms with Crippen molar-refractivity contribution in [1.82, 2.24) is 0 Å². The van der Waals surface area contributed by atoms with Crippen LogP contribution >= 0.6 is 0 Å². The molecule has 2 heteroatoms. The van der Waals surface area contributed by atoms with E-state index in [1.807, 2.05) is 38.1 Å². The van der Waals surface area contributed by atoms with Crippen LogP contribution in [0.3, 0.4) is 0 Å². The molecule has 118 valence electrons. The summed E-state index contributed by atoms with van der Waals surface area (Å²) in [6, 6.07) is 14.3. The first-order chi connectivity index (χ1) is 10.9. The Labute approximate surface area is 138 Å². The van der Waals surface area contributed by atoms with Gasteiger partial charge in [-0.25, -0.2) is 0 Å². The predicted molar refractivity (Wildman–Crippen MR) is 95.6 cm³/mol. The van der Waals surface area contributed by atoms with Gasteiger partial charge in [0.2, 0.25) is 0 Å². The molecule has 0 fully saturated rings. The predicted octanol–water partition coefficient (Wildman–Crippen LogP) is 4.70. The van der Waals surface area contributed by atoms with Crippen LogP contribution in [0.15, 0.2) is 47.5 Å². The summed E-state index contributed by atoms with van der Waals surface area (Å²) >= 11 is 0. The summed E-state index contributed by atoms with van der Waals surface area (Å²) in [4.78, 5) is 17.8. The molecule has 0 N–H and O–H groups in total. The molecule has 0 aromatic heterocycles. The Balaban J connectivity index is 1.98. The summed E-state index contributed by atoms with van der Waals surface area (Å²) < 4.78 is 0. The van der Waals surface area contributed by atoms with Crippen LogP contribution in [0.4, 0.5) is 0 Å². The molecular weight excluding hydrogens is 282 g/mol. The molecule has 0 bridgehead atoms. The Morgan fingerprint density at radius 3 is 2.39 bits per heavy atom. The highest BCUT2D eigenvalue weighted by Gasteiger charge is 2.28. The van der Waals surface area contributed by atoms with Crippen molar-refractivity contribution in [2.75, 3.05) is 0 Å². The van der Waals surface area contributed by atoms with Gasteiger partial charge in [-0.2, -0.15) is 0 Å². The smallest absolute Gasteiger partial charge is 0.169 e. The van der Waals surface area contributed by atoms with Gasteiger partial charge < -0.3 is 0 Å². The van der Waals surface area contributed by atoms with E-state index in [4.69, 9.17) is 4.99 Å². The van der Waals surface area contributed by atoms with Crippen LogP contribution in [0.1, 0.15) is 52.9 Å². The fraction of sp³-hybridized carbons (Fsp3) is 0.333.